The Hall–Kier alpha value is -1.43. The first-order chi connectivity index (χ1) is 8.41. The molecule has 0 bridgehead atoms. The van der Waals surface area contributed by atoms with Crippen LogP contribution < -0.4 is 10.2 Å². The number of alkyl halides is 3. The molecule has 2 amide bonds. The van der Waals surface area contributed by atoms with Crippen molar-refractivity contribution in [1.29, 1.82) is 0 Å². The Balaban J connectivity index is 2.51. The first kappa shape index (κ1) is 13.0. The lowest BCUT2D eigenvalue weighted by Gasteiger charge is -2.30. The second-order valence-corrected chi connectivity index (χ2v) is 4.28. The molecule has 1 fully saturated rings. The quantitative estimate of drug-likeness (QED) is 0.840. The van der Waals surface area contributed by atoms with E-state index in [1.165, 1.54) is 12.1 Å². The van der Waals surface area contributed by atoms with E-state index in [2.05, 4.69) is 5.32 Å². The summed E-state index contributed by atoms with van der Waals surface area (Å²) in [5.41, 5.74) is -1.17. The van der Waals surface area contributed by atoms with Crippen LogP contribution in [0.3, 0.4) is 0 Å². The summed E-state index contributed by atoms with van der Waals surface area (Å²) in [5.74, 6) is 0. The molecule has 0 aliphatic carbocycles. The number of benzene rings is 1. The molecule has 7 heteroatoms. The van der Waals surface area contributed by atoms with E-state index in [4.69, 9.17) is 11.6 Å². The number of hydrogen-bond donors (Lipinski definition) is 1. The van der Waals surface area contributed by atoms with Gasteiger partial charge in [0.2, 0.25) is 0 Å². The number of nitrogens with zero attached hydrogens (tertiary/aromatic N) is 1. The second-order valence-electron chi connectivity index (χ2n) is 3.87. The fraction of sp³-hybridized carbons (Fsp3) is 0.364. The van der Waals surface area contributed by atoms with E-state index in [1.54, 1.807) is 0 Å². The minimum atomic E-state index is -4.54. The Kier molecular flexibility index (Phi) is 3.38. The molecule has 1 aliphatic heterocycles. The van der Waals surface area contributed by atoms with Gasteiger partial charge < -0.3 is 5.32 Å². The van der Waals surface area contributed by atoms with Gasteiger partial charge in [-0.1, -0.05) is 17.7 Å². The van der Waals surface area contributed by atoms with Crippen molar-refractivity contribution >= 4 is 23.3 Å². The molecule has 1 N–H and O–H groups in total. The monoisotopic (exact) mass is 278 g/mol. The van der Waals surface area contributed by atoms with E-state index < -0.39 is 17.8 Å². The Morgan fingerprint density at radius 1 is 1.33 bits per heavy atom. The molecule has 0 unspecified atom stereocenters. The normalized spacial score (nSPS) is 16.7. The largest absolute Gasteiger partial charge is 0.418 e. The molecule has 0 aromatic heterocycles. The number of hydrogen-bond acceptors (Lipinski definition) is 1. The fourth-order valence-electron chi connectivity index (χ4n) is 1.86. The van der Waals surface area contributed by atoms with Crippen LogP contribution in [0.5, 0.6) is 0 Å². The molecular weight excluding hydrogens is 269 g/mol. The zero-order chi connectivity index (χ0) is 13.3. The van der Waals surface area contributed by atoms with Crippen LogP contribution >= 0.6 is 11.6 Å². The molecule has 1 heterocycles. The van der Waals surface area contributed by atoms with Crippen LogP contribution in [0.2, 0.25) is 5.02 Å². The van der Waals surface area contributed by atoms with E-state index >= 15 is 0 Å². The highest BCUT2D eigenvalue weighted by molar-refractivity contribution is 6.34. The molecule has 1 aromatic carbocycles. The van der Waals surface area contributed by atoms with Gasteiger partial charge in [-0.05, 0) is 18.6 Å². The van der Waals surface area contributed by atoms with E-state index in [0.717, 1.165) is 11.0 Å². The van der Waals surface area contributed by atoms with E-state index in [9.17, 15) is 18.0 Å². The van der Waals surface area contributed by atoms with Gasteiger partial charge in [0.25, 0.3) is 0 Å². The van der Waals surface area contributed by atoms with E-state index in [0.29, 0.717) is 13.0 Å². The molecule has 1 aliphatic rings. The van der Waals surface area contributed by atoms with Crippen molar-refractivity contribution < 1.29 is 18.0 Å². The van der Waals surface area contributed by atoms with Crippen molar-refractivity contribution in [3.05, 3.63) is 28.8 Å². The van der Waals surface area contributed by atoms with Crippen molar-refractivity contribution in [3.8, 4) is 0 Å². The smallest absolute Gasteiger partial charge is 0.338 e. The lowest BCUT2D eigenvalue weighted by molar-refractivity contribution is -0.137. The maximum Gasteiger partial charge on any atom is 0.418 e. The third-order valence-corrected chi connectivity index (χ3v) is 2.95. The van der Waals surface area contributed by atoms with Gasteiger partial charge in [-0.25, -0.2) is 4.79 Å². The van der Waals surface area contributed by atoms with Gasteiger partial charge in [0.1, 0.15) is 0 Å². The highest BCUT2D eigenvalue weighted by atomic mass is 35.5. The van der Waals surface area contributed by atoms with Crippen LogP contribution in [0, 0.1) is 0 Å². The van der Waals surface area contributed by atoms with Gasteiger partial charge in [-0.3, -0.25) is 4.90 Å². The summed E-state index contributed by atoms with van der Waals surface area (Å²) >= 11 is 5.81. The highest BCUT2D eigenvalue weighted by Gasteiger charge is 2.37. The van der Waals surface area contributed by atoms with Crippen LogP contribution in [-0.4, -0.2) is 19.1 Å². The number of anilines is 1. The second kappa shape index (κ2) is 4.68. The van der Waals surface area contributed by atoms with Crippen LogP contribution in [-0.2, 0) is 6.18 Å². The van der Waals surface area contributed by atoms with Gasteiger partial charge in [0.15, 0.2) is 0 Å². The zero-order valence-corrected chi connectivity index (χ0v) is 9.98. The number of carbonyl (C=O) groups is 1. The van der Waals surface area contributed by atoms with E-state index in [1.807, 2.05) is 0 Å². The summed E-state index contributed by atoms with van der Waals surface area (Å²) in [7, 11) is 0. The maximum atomic E-state index is 12.9. The lowest BCUT2D eigenvalue weighted by Crippen LogP contribution is -2.47. The predicted molar refractivity (Wildman–Crippen MR) is 61.8 cm³/mol. The van der Waals surface area contributed by atoms with Crippen molar-refractivity contribution in [3.63, 3.8) is 0 Å². The predicted octanol–water partition coefficient (Wildman–Crippen LogP) is 3.28. The van der Waals surface area contributed by atoms with E-state index in [-0.39, 0.29) is 17.3 Å². The lowest BCUT2D eigenvalue weighted by atomic mass is 10.1. The minimum Gasteiger partial charge on any atom is -0.338 e. The zero-order valence-electron chi connectivity index (χ0n) is 9.22. The number of urea groups is 1. The molecule has 0 radical (unpaired) electrons. The standard InChI is InChI=1S/C11H10ClF3N2O/c12-8-4-1-3-7(11(13,14)15)9(8)17-6-2-5-16-10(17)18/h1,3-4H,2,5-6H2,(H,16,18). The van der Waals surface area contributed by atoms with Gasteiger partial charge in [0, 0.05) is 13.1 Å². The Bertz CT molecular complexity index is 476. The molecule has 18 heavy (non-hydrogen) atoms. The molecule has 3 nitrogen and oxygen atoms in total. The van der Waals surface area contributed by atoms with Gasteiger partial charge in [-0.2, -0.15) is 13.2 Å². The Morgan fingerprint density at radius 2 is 2.06 bits per heavy atom. The average Bonchev–Trinajstić information content (AvgIpc) is 2.29. The summed E-state index contributed by atoms with van der Waals surface area (Å²) in [6, 6.07) is 2.92. The van der Waals surface area contributed by atoms with Gasteiger partial charge >= 0.3 is 12.2 Å². The number of carbonyl (C=O) groups excluding carboxylic acids is 1. The number of para-hydroxylation sites is 1. The minimum absolute atomic E-state index is 0.0816. The SMILES string of the molecule is O=C1NCCCN1c1c(Cl)cccc1C(F)(F)F. The molecular formula is C11H10ClF3N2O. The molecule has 1 aromatic rings. The van der Waals surface area contributed by atoms with Crippen LogP contribution in [0.25, 0.3) is 0 Å². The Morgan fingerprint density at radius 3 is 2.67 bits per heavy atom. The van der Waals surface area contributed by atoms with Gasteiger partial charge in [0.05, 0.1) is 16.3 Å². The molecule has 2 rings (SSSR count). The van der Waals surface area contributed by atoms with Crippen LogP contribution in [0.15, 0.2) is 18.2 Å². The summed E-state index contributed by atoms with van der Waals surface area (Å²) in [6.07, 6.45) is -3.97. The van der Waals surface area contributed by atoms with Crippen molar-refractivity contribution in [1.82, 2.24) is 5.32 Å². The Labute approximate surface area is 107 Å². The topological polar surface area (TPSA) is 32.3 Å². The number of amides is 2. The third kappa shape index (κ3) is 2.38. The molecule has 0 atom stereocenters. The fourth-order valence-corrected chi connectivity index (χ4v) is 2.14. The van der Waals surface area contributed by atoms with Crippen molar-refractivity contribution in [2.75, 3.05) is 18.0 Å². The first-order valence-electron chi connectivity index (χ1n) is 5.32. The molecule has 0 spiro atoms. The average molecular weight is 279 g/mol. The van der Waals surface area contributed by atoms with Crippen LogP contribution in [0.1, 0.15) is 12.0 Å². The number of rotatable bonds is 1. The highest BCUT2D eigenvalue weighted by Crippen LogP contribution is 2.40. The summed E-state index contributed by atoms with van der Waals surface area (Å²) in [5, 5.41) is 2.42. The number of halogens is 4. The van der Waals surface area contributed by atoms with Crippen molar-refractivity contribution in [2.45, 2.75) is 12.6 Å². The van der Waals surface area contributed by atoms with Gasteiger partial charge in [-0.15, -0.1) is 0 Å². The molecule has 1 saturated heterocycles. The first-order valence-corrected chi connectivity index (χ1v) is 5.70. The molecule has 0 saturated carbocycles. The van der Waals surface area contributed by atoms with Crippen LogP contribution in [0.4, 0.5) is 23.7 Å². The third-order valence-electron chi connectivity index (χ3n) is 2.64. The maximum absolute atomic E-state index is 12.9. The summed E-state index contributed by atoms with van der Waals surface area (Å²) < 4.78 is 38.7. The summed E-state index contributed by atoms with van der Waals surface area (Å²) in [6.45, 7) is 0.680. The van der Waals surface area contributed by atoms with Crippen molar-refractivity contribution in [2.24, 2.45) is 0 Å². The summed E-state index contributed by atoms with van der Waals surface area (Å²) in [4.78, 5) is 12.7. The number of nitrogens with one attached hydrogen (secondary N) is 1. The molecule has 98 valence electrons.